The van der Waals surface area contributed by atoms with Crippen molar-refractivity contribution in [3.05, 3.63) is 42.5 Å². The Morgan fingerprint density at radius 1 is 1.57 bits per heavy atom. The Balaban J connectivity index is 2.90. The molecule has 0 aliphatic carbocycles. The van der Waals surface area contributed by atoms with Gasteiger partial charge >= 0.3 is 5.97 Å². The number of benzene rings is 1. The number of hydrogen-bond acceptors (Lipinski definition) is 3. The normalized spacial score (nSPS) is 9.21. The van der Waals surface area contributed by atoms with E-state index in [0.29, 0.717) is 12.1 Å². The van der Waals surface area contributed by atoms with Gasteiger partial charge in [-0.3, -0.25) is 0 Å². The minimum absolute atomic E-state index is 0.336. The maximum Gasteiger partial charge on any atom is 0.339 e. The summed E-state index contributed by atoms with van der Waals surface area (Å²) < 4.78 is 4.65. The molecular weight excluding hydrogens is 178 g/mol. The van der Waals surface area contributed by atoms with Crippen molar-refractivity contribution in [1.82, 2.24) is 0 Å². The van der Waals surface area contributed by atoms with Crippen LogP contribution in [0.4, 0.5) is 5.69 Å². The van der Waals surface area contributed by atoms with Crippen molar-refractivity contribution in [1.29, 1.82) is 0 Å². The van der Waals surface area contributed by atoms with E-state index in [-0.39, 0.29) is 5.97 Å². The Labute approximate surface area is 83.4 Å². The number of anilines is 1. The van der Waals surface area contributed by atoms with Gasteiger partial charge in [0.15, 0.2) is 0 Å². The first-order valence-corrected chi connectivity index (χ1v) is 4.31. The Bertz CT molecular complexity index is 334. The molecule has 0 saturated heterocycles. The van der Waals surface area contributed by atoms with Crippen molar-refractivity contribution in [3.63, 3.8) is 0 Å². The summed E-state index contributed by atoms with van der Waals surface area (Å²) in [7, 11) is 1.37. The molecule has 0 amide bonds. The minimum Gasteiger partial charge on any atom is -0.465 e. The van der Waals surface area contributed by atoms with Gasteiger partial charge in [0.2, 0.25) is 0 Å². The molecule has 0 saturated carbocycles. The van der Waals surface area contributed by atoms with Crippen LogP contribution >= 0.6 is 0 Å². The summed E-state index contributed by atoms with van der Waals surface area (Å²) in [6, 6.07) is 7.20. The maximum atomic E-state index is 11.3. The van der Waals surface area contributed by atoms with Crippen LogP contribution in [0.25, 0.3) is 0 Å². The van der Waals surface area contributed by atoms with Gasteiger partial charge in [0.25, 0.3) is 0 Å². The second kappa shape index (κ2) is 5.07. The molecule has 1 rings (SSSR count). The molecule has 0 spiro atoms. The van der Waals surface area contributed by atoms with E-state index in [0.717, 1.165) is 5.69 Å². The molecule has 14 heavy (non-hydrogen) atoms. The summed E-state index contributed by atoms with van der Waals surface area (Å²) in [4.78, 5) is 11.3. The molecule has 74 valence electrons. The predicted octanol–water partition coefficient (Wildman–Crippen LogP) is 2.07. The number of carbonyl (C=O) groups is 1. The topological polar surface area (TPSA) is 38.3 Å². The number of para-hydroxylation sites is 1. The smallest absolute Gasteiger partial charge is 0.339 e. The first-order valence-electron chi connectivity index (χ1n) is 4.31. The first-order chi connectivity index (χ1) is 6.79. The maximum absolute atomic E-state index is 11.3. The Morgan fingerprint density at radius 2 is 2.29 bits per heavy atom. The Morgan fingerprint density at radius 3 is 2.93 bits per heavy atom. The summed E-state index contributed by atoms with van der Waals surface area (Å²) in [5.41, 5.74) is 1.30. The lowest BCUT2D eigenvalue weighted by molar-refractivity contribution is 0.0602. The largest absolute Gasteiger partial charge is 0.465 e. The molecule has 1 aromatic rings. The highest BCUT2D eigenvalue weighted by molar-refractivity contribution is 5.95. The molecular formula is C11H13NO2. The Hall–Kier alpha value is -1.77. The van der Waals surface area contributed by atoms with Gasteiger partial charge in [0.1, 0.15) is 0 Å². The van der Waals surface area contributed by atoms with Crippen LogP contribution in [0, 0.1) is 0 Å². The number of nitrogens with one attached hydrogen (secondary N) is 1. The highest BCUT2D eigenvalue weighted by atomic mass is 16.5. The first kappa shape index (κ1) is 10.3. The summed E-state index contributed by atoms with van der Waals surface area (Å²) in [5.74, 6) is -0.336. The van der Waals surface area contributed by atoms with E-state index in [1.807, 2.05) is 12.1 Å². The van der Waals surface area contributed by atoms with Crippen LogP contribution in [-0.4, -0.2) is 19.6 Å². The van der Waals surface area contributed by atoms with Gasteiger partial charge in [-0.25, -0.2) is 4.79 Å². The Kier molecular flexibility index (Phi) is 3.73. The van der Waals surface area contributed by atoms with Crippen LogP contribution in [0.1, 0.15) is 10.4 Å². The van der Waals surface area contributed by atoms with Crippen molar-refractivity contribution in [2.45, 2.75) is 0 Å². The zero-order chi connectivity index (χ0) is 10.4. The molecule has 0 fully saturated rings. The molecule has 0 aliphatic heterocycles. The van der Waals surface area contributed by atoms with E-state index >= 15 is 0 Å². The van der Waals surface area contributed by atoms with E-state index in [2.05, 4.69) is 16.6 Å². The number of ether oxygens (including phenoxy) is 1. The summed E-state index contributed by atoms with van der Waals surface area (Å²) in [5, 5.41) is 3.06. The second-order valence-electron chi connectivity index (χ2n) is 2.71. The third-order valence-electron chi connectivity index (χ3n) is 1.77. The standard InChI is InChI=1S/C11H13NO2/c1-3-8-12-10-7-5-4-6-9(10)11(13)14-2/h3-7,12H,1,8H2,2H3. The average molecular weight is 191 g/mol. The second-order valence-corrected chi connectivity index (χ2v) is 2.71. The highest BCUT2D eigenvalue weighted by Crippen LogP contribution is 2.15. The van der Waals surface area contributed by atoms with Crippen LogP contribution in [0.2, 0.25) is 0 Å². The van der Waals surface area contributed by atoms with Crippen LogP contribution in [0.3, 0.4) is 0 Å². The zero-order valence-electron chi connectivity index (χ0n) is 8.12. The van der Waals surface area contributed by atoms with Gasteiger partial charge < -0.3 is 10.1 Å². The van der Waals surface area contributed by atoms with Gasteiger partial charge in [0, 0.05) is 12.2 Å². The quantitative estimate of drug-likeness (QED) is 0.585. The number of carbonyl (C=O) groups excluding carboxylic acids is 1. The van der Waals surface area contributed by atoms with Gasteiger partial charge in [-0.1, -0.05) is 18.2 Å². The van der Waals surface area contributed by atoms with Crippen molar-refractivity contribution in [2.24, 2.45) is 0 Å². The van der Waals surface area contributed by atoms with Gasteiger partial charge in [-0.05, 0) is 12.1 Å². The van der Waals surface area contributed by atoms with Crippen molar-refractivity contribution >= 4 is 11.7 Å². The van der Waals surface area contributed by atoms with E-state index in [4.69, 9.17) is 0 Å². The van der Waals surface area contributed by atoms with Crippen LogP contribution in [0.5, 0.6) is 0 Å². The lowest BCUT2D eigenvalue weighted by Crippen LogP contribution is -2.07. The molecule has 0 unspecified atom stereocenters. The lowest BCUT2D eigenvalue weighted by Gasteiger charge is -2.08. The van der Waals surface area contributed by atoms with Crippen molar-refractivity contribution < 1.29 is 9.53 Å². The third kappa shape index (κ3) is 2.36. The molecule has 0 radical (unpaired) electrons. The number of esters is 1. The number of methoxy groups -OCH3 is 1. The summed E-state index contributed by atoms with van der Waals surface area (Å²) >= 11 is 0. The fourth-order valence-electron chi connectivity index (χ4n) is 1.11. The summed E-state index contributed by atoms with van der Waals surface area (Å²) in [6.45, 7) is 4.21. The van der Waals surface area contributed by atoms with E-state index in [1.165, 1.54) is 7.11 Å². The molecule has 3 heteroatoms. The minimum atomic E-state index is -0.336. The molecule has 3 nitrogen and oxygen atoms in total. The fraction of sp³-hybridized carbons (Fsp3) is 0.182. The molecule has 1 N–H and O–H groups in total. The zero-order valence-corrected chi connectivity index (χ0v) is 8.12. The number of hydrogen-bond donors (Lipinski definition) is 1. The summed E-state index contributed by atoms with van der Waals surface area (Å²) in [6.07, 6.45) is 1.73. The SMILES string of the molecule is C=CCNc1ccccc1C(=O)OC. The predicted molar refractivity (Wildman–Crippen MR) is 56.5 cm³/mol. The lowest BCUT2D eigenvalue weighted by atomic mass is 10.2. The van der Waals surface area contributed by atoms with E-state index < -0.39 is 0 Å². The molecule has 0 aliphatic rings. The molecule has 0 aromatic heterocycles. The van der Waals surface area contributed by atoms with E-state index in [1.54, 1.807) is 18.2 Å². The molecule has 0 atom stereocenters. The van der Waals surface area contributed by atoms with Crippen LogP contribution in [-0.2, 0) is 4.74 Å². The van der Waals surface area contributed by atoms with Gasteiger partial charge in [0.05, 0.1) is 12.7 Å². The fourth-order valence-corrected chi connectivity index (χ4v) is 1.11. The van der Waals surface area contributed by atoms with Crippen molar-refractivity contribution in [3.8, 4) is 0 Å². The van der Waals surface area contributed by atoms with Crippen LogP contribution in [0.15, 0.2) is 36.9 Å². The average Bonchev–Trinajstić information content (AvgIpc) is 2.25. The van der Waals surface area contributed by atoms with Crippen molar-refractivity contribution in [2.75, 3.05) is 19.0 Å². The molecule has 1 aromatic carbocycles. The molecule has 0 heterocycles. The third-order valence-corrected chi connectivity index (χ3v) is 1.77. The van der Waals surface area contributed by atoms with Gasteiger partial charge in [-0.15, -0.1) is 6.58 Å². The highest BCUT2D eigenvalue weighted by Gasteiger charge is 2.09. The van der Waals surface area contributed by atoms with E-state index in [9.17, 15) is 4.79 Å². The van der Waals surface area contributed by atoms with Crippen LogP contribution < -0.4 is 5.32 Å². The van der Waals surface area contributed by atoms with Gasteiger partial charge in [-0.2, -0.15) is 0 Å². The number of rotatable bonds is 4. The monoisotopic (exact) mass is 191 g/mol. The molecule has 0 bridgehead atoms.